The van der Waals surface area contributed by atoms with Crippen LogP contribution in [-0.2, 0) is 4.74 Å². The van der Waals surface area contributed by atoms with Crippen molar-refractivity contribution in [1.29, 1.82) is 0 Å². The summed E-state index contributed by atoms with van der Waals surface area (Å²) in [6.45, 7) is 6.52. The molecular weight excluding hydrogens is 128 g/mol. The molecule has 1 saturated heterocycles. The van der Waals surface area contributed by atoms with Gasteiger partial charge in [0.05, 0.1) is 12.2 Å². The highest BCUT2D eigenvalue weighted by Crippen LogP contribution is 2.41. The van der Waals surface area contributed by atoms with E-state index in [1.54, 1.807) is 0 Å². The maximum Gasteiger partial charge on any atom is 0.116 e. The molecule has 0 aliphatic carbocycles. The summed E-state index contributed by atoms with van der Waals surface area (Å²) in [6, 6.07) is 0. The van der Waals surface area contributed by atoms with Crippen LogP contribution in [-0.4, -0.2) is 22.9 Å². The monoisotopic (exact) mass is 144 g/mol. The van der Waals surface area contributed by atoms with Gasteiger partial charge in [0, 0.05) is 0 Å². The van der Waals surface area contributed by atoms with Crippen LogP contribution in [0.2, 0.25) is 0 Å². The molecule has 2 unspecified atom stereocenters. The molecule has 2 atom stereocenters. The zero-order valence-electron chi connectivity index (χ0n) is 6.98. The predicted molar refractivity (Wildman–Crippen MR) is 39.9 cm³/mol. The third-order valence-electron chi connectivity index (χ3n) is 2.87. The quantitative estimate of drug-likeness (QED) is 0.633. The van der Waals surface area contributed by atoms with E-state index in [2.05, 4.69) is 0 Å². The first kappa shape index (κ1) is 8.02. The molecule has 10 heavy (non-hydrogen) atoms. The zero-order chi connectivity index (χ0) is 7.83. The summed E-state index contributed by atoms with van der Waals surface area (Å²) in [5, 5.41) is 9.81. The van der Waals surface area contributed by atoms with Crippen molar-refractivity contribution >= 4 is 0 Å². The Labute approximate surface area is 62.2 Å². The van der Waals surface area contributed by atoms with Gasteiger partial charge in [0.1, 0.15) is 5.60 Å². The molecule has 0 bridgehead atoms. The molecule has 0 amide bonds. The van der Waals surface area contributed by atoms with Crippen molar-refractivity contribution in [2.45, 2.75) is 44.8 Å². The molecule has 1 rings (SSSR count). The van der Waals surface area contributed by atoms with Gasteiger partial charge < -0.3 is 9.84 Å². The van der Waals surface area contributed by atoms with Crippen LogP contribution in [0.1, 0.15) is 33.6 Å². The third-order valence-corrected chi connectivity index (χ3v) is 2.87. The molecule has 0 saturated carbocycles. The first-order valence-electron chi connectivity index (χ1n) is 3.94. The highest BCUT2D eigenvalue weighted by Gasteiger charge is 2.54. The van der Waals surface area contributed by atoms with E-state index in [1.807, 2.05) is 20.8 Å². The van der Waals surface area contributed by atoms with Crippen molar-refractivity contribution in [2.75, 3.05) is 6.61 Å². The van der Waals surface area contributed by atoms with E-state index in [-0.39, 0.29) is 5.60 Å². The Morgan fingerprint density at radius 2 is 2.00 bits per heavy atom. The van der Waals surface area contributed by atoms with E-state index < -0.39 is 5.60 Å². The SMILES string of the molecule is CCC1(O)COC1(C)CC. The van der Waals surface area contributed by atoms with Gasteiger partial charge in [-0.2, -0.15) is 0 Å². The zero-order valence-corrected chi connectivity index (χ0v) is 6.98. The van der Waals surface area contributed by atoms with Gasteiger partial charge >= 0.3 is 0 Å². The van der Waals surface area contributed by atoms with E-state index in [0.717, 1.165) is 12.8 Å². The molecule has 0 aromatic heterocycles. The fourth-order valence-electron chi connectivity index (χ4n) is 1.39. The van der Waals surface area contributed by atoms with E-state index in [0.29, 0.717) is 6.61 Å². The van der Waals surface area contributed by atoms with Gasteiger partial charge in [-0.3, -0.25) is 0 Å². The summed E-state index contributed by atoms with van der Waals surface area (Å²) >= 11 is 0. The summed E-state index contributed by atoms with van der Waals surface area (Å²) < 4.78 is 5.32. The lowest BCUT2D eigenvalue weighted by molar-refractivity contribution is -0.298. The minimum absolute atomic E-state index is 0.276. The number of ether oxygens (including phenoxy) is 1. The van der Waals surface area contributed by atoms with Gasteiger partial charge in [-0.15, -0.1) is 0 Å². The summed E-state index contributed by atoms with van der Waals surface area (Å²) in [5.41, 5.74) is -0.830. The van der Waals surface area contributed by atoms with E-state index in [1.165, 1.54) is 0 Å². The molecule has 2 nitrogen and oxygen atoms in total. The molecule has 1 heterocycles. The van der Waals surface area contributed by atoms with Gasteiger partial charge in [-0.25, -0.2) is 0 Å². The van der Waals surface area contributed by atoms with Crippen LogP contribution in [0.5, 0.6) is 0 Å². The van der Waals surface area contributed by atoms with Crippen molar-refractivity contribution < 1.29 is 9.84 Å². The lowest BCUT2D eigenvalue weighted by Crippen LogP contribution is -2.66. The Kier molecular flexibility index (Phi) is 1.77. The first-order valence-corrected chi connectivity index (χ1v) is 3.94. The summed E-state index contributed by atoms with van der Waals surface area (Å²) in [4.78, 5) is 0. The molecule has 0 spiro atoms. The maximum atomic E-state index is 9.81. The number of hydrogen-bond acceptors (Lipinski definition) is 2. The van der Waals surface area contributed by atoms with Gasteiger partial charge in [0.25, 0.3) is 0 Å². The van der Waals surface area contributed by atoms with Crippen LogP contribution in [0, 0.1) is 0 Å². The smallest absolute Gasteiger partial charge is 0.116 e. The first-order chi connectivity index (χ1) is 4.58. The molecule has 60 valence electrons. The average Bonchev–Trinajstić information content (AvgIpc) is 1.99. The second-order valence-electron chi connectivity index (χ2n) is 3.26. The van der Waals surface area contributed by atoms with Crippen LogP contribution in [0.4, 0.5) is 0 Å². The Hall–Kier alpha value is -0.0800. The van der Waals surface area contributed by atoms with Crippen molar-refractivity contribution in [3.63, 3.8) is 0 Å². The van der Waals surface area contributed by atoms with Crippen LogP contribution < -0.4 is 0 Å². The van der Waals surface area contributed by atoms with Crippen LogP contribution in [0.3, 0.4) is 0 Å². The van der Waals surface area contributed by atoms with Gasteiger partial charge in [-0.1, -0.05) is 13.8 Å². The lowest BCUT2D eigenvalue weighted by Gasteiger charge is -2.53. The molecule has 0 aromatic carbocycles. The molecule has 2 heteroatoms. The minimum Gasteiger partial charge on any atom is -0.384 e. The van der Waals surface area contributed by atoms with Crippen molar-refractivity contribution in [3.05, 3.63) is 0 Å². The van der Waals surface area contributed by atoms with Crippen molar-refractivity contribution in [2.24, 2.45) is 0 Å². The van der Waals surface area contributed by atoms with E-state index in [9.17, 15) is 5.11 Å². The number of aliphatic hydroxyl groups is 1. The Balaban J connectivity index is 2.64. The highest BCUT2D eigenvalue weighted by atomic mass is 16.6. The van der Waals surface area contributed by atoms with Crippen molar-refractivity contribution in [3.8, 4) is 0 Å². The maximum absolute atomic E-state index is 9.81. The van der Waals surface area contributed by atoms with Crippen molar-refractivity contribution in [1.82, 2.24) is 0 Å². The van der Waals surface area contributed by atoms with Gasteiger partial charge in [-0.05, 0) is 19.8 Å². The molecular formula is C8H16O2. The van der Waals surface area contributed by atoms with Gasteiger partial charge in [0.15, 0.2) is 0 Å². The summed E-state index contributed by atoms with van der Waals surface area (Å²) in [5.74, 6) is 0. The van der Waals surface area contributed by atoms with Crippen LogP contribution >= 0.6 is 0 Å². The number of hydrogen-bond donors (Lipinski definition) is 1. The molecule has 0 radical (unpaired) electrons. The van der Waals surface area contributed by atoms with Gasteiger partial charge in [0.2, 0.25) is 0 Å². The molecule has 1 fully saturated rings. The fraction of sp³-hybridized carbons (Fsp3) is 1.00. The lowest BCUT2D eigenvalue weighted by atomic mass is 9.76. The molecule has 1 aliphatic heterocycles. The van der Waals surface area contributed by atoms with Crippen LogP contribution in [0.25, 0.3) is 0 Å². The second-order valence-corrected chi connectivity index (χ2v) is 3.26. The average molecular weight is 144 g/mol. The molecule has 1 aliphatic rings. The summed E-state index contributed by atoms with van der Waals surface area (Å²) in [7, 11) is 0. The fourth-order valence-corrected chi connectivity index (χ4v) is 1.39. The van der Waals surface area contributed by atoms with E-state index >= 15 is 0 Å². The normalized spacial score (nSPS) is 46.8. The predicted octanol–water partition coefficient (Wildman–Crippen LogP) is 1.33. The topological polar surface area (TPSA) is 29.5 Å². The van der Waals surface area contributed by atoms with E-state index in [4.69, 9.17) is 4.74 Å². The van der Waals surface area contributed by atoms with Crippen LogP contribution in [0.15, 0.2) is 0 Å². The molecule has 1 N–H and O–H groups in total. The Morgan fingerprint density at radius 3 is 2.10 bits per heavy atom. The second kappa shape index (κ2) is 2.21. The largest absolute Gasteiger partial charge is 0.384 e. The highest BCUT2D eigenvalue weighted by molar-refractivity contribution is 5.04. The molecule has 0 aromatic rings. The standard InChI is InChI=1S/C8H16O2/c1-4-7(3)8(9,5-2)6-10-7/h9H,4-6H2,1-3H3. The Bertz CT molecular complexity index is 111. The third kappa shape index (κ3) is 0.789. The minimum atomic E-state index is -0.554. The number of rotatable bonds is 2. The summed E-state index contributed by atoms with van der Waals surface area (Å²) in [6.07, 6.45) is 1.68. The Morgan fingerprint density at radius 1 is 1.40 bits per heavy atom.